The van der Waals surface area contributed by atoms with Gasteiger partial charge in [0.1, 0.15) is 0 Å². The summed E-state index contributed by atoms with van der Waals surface area (Å²) in [5, 5.41) is 0. The van der Waals surface area contributed by atoms with Crippen LogP contribution < -0.4 is 0 Å². The van der Waals surface area contributed by atoms with Gasteiger partial charge < -0.3 is 4.74 Å². The van der Waals surface area contributed by atoms with Crippen LogP contribution in [0.5, 0.6) is 0 Å². The van der Waals surface area contributed by atoms with E-state index in [0.29, 0.717) is 12.8 Å². The van der Waals surface area contributed by atoms with E-state index in [0.717, 1.165) is 12.8 Å². The molecule has 0 fully saturated rings. The van der Waals surface area contributed by atoms with Gasteiger partial charge in [0, 0.05) is 6.42 Å². The molecular formula is C16H31ClO2. The molecule has 0 aromatic carbocycles. The summed E-state index contributed by atoms with van der Waals surface area (Å²) in [5.41, 5.74) is -0.448. The van der Waals surface area contributed by atoms with Crippen LogP contribution in [0.25, 0.3) is 0 Å². The van der Waals surface area contributed by atoms with Crippen LogP contribution in [-0.2, 0) is 9.53 Å². The van der Waals surface area contributed by atoms with Crippen molar-refractivity contribution in [2.75, 3.05) is 0 Å². The molecule has 0 rings (SSSR count). The van der Waals surface area contributed by atoms with Crippen LogP contribution >= 0.6 is 11.6 Å². The average molecular weight is 291 g/mol. The first kappa shape index (κ1) is 18.8. The molecule has 19 heavy (non-hydrogen) atoms. The van der Waals surface area contributed by atoms with Crippen LogP contribution in [0.15, 0.2) is 0 Å². The van der Waals surface area contributed by atoms with E-state index >= 15 is 0 Å². The van der Waals surface area contributed by atoms with Gasteiger partial charge in [0.25, 0.3) is 0 Å². The van der Waals surface area contributed by atoms with Crippen LogP contribution in [0.1, 0.15) is 90.9 Å². The van der Waals surface area contributed by atoms with E-state index in [-0.39, 0.29) is 5.97 Å². The van der Waals surface area contributed by atoms with E-state index in [4.69, 9.17) is 16.3 Å². The first-order valence-electron chi connectivity index (χ1n) is 8.04. The van der Waals surface area contributed by atoms with Gasteiger partial charge in [-0.15, -0.1) is 0 Å². The van der Waals surface area contributed by atoms with Gasteiger partial charge in [-0.1, -0.05) is 83.2 Å². The van der Waals surface area contributed by atoms with Crippen LogP contribution in [0, 0.1) is 0 Å². The summed E-state index contributed by atoms with van der Waals surface area (Å²) in [6.45, 7) is 4.16. The Balaban J connectivity index is 3.16. The highest BCUT2D eigenvalue weighted by Crippen LogP contribution is 2.12. The van der Waals surface area contributed by atoms with Crippen LogP contribution in [-0.4, -0.2) is 11.5 Å². The van der Waals surface area contributed by atoms with Crippen molar-refractivity contribution in [3.8, 4) is 0 Å². The Kier molecular flexibility index (Phi) is 14.0. The SMILES string of the molecule is CCCCCCCCCCCCC(=O)OC(Cl)CC. The Morgan fingerprint density at radius 3 is 1.84 bits per heavy atom. The van der Waals surface area contributed by atoms with Crippen molar-refractivity contribution in [2.24, 2.45) is 0 Å². The minimum atomic E-state index is -0.448. The van der Waals surface area contributed by atoms with Crippen molar-refractivity contribution >= 4 is 17.6 Å². The second-order valence-electron chi connectivity index (χ2n) is 5.24. The molecule has 0 aromatic rings. The first-order valence-corrected chi connectivity index (χ1v) is 8.47. The Morgan fingerprint density at radius 2 is 1.37 bits per heavy atom. The fourth-order valence-corrected chi connectivity index (χ4v) is 2.14. The lowest BCUT2D eigenvalue weighted by Crippen LogP contribution is -2.11. The summed E-state index contributed by atoms with van der Waals surface area (Å²) in [6, 6.07) is 0. The van der Waals surface area contributed by atoms with E-state index in [9.17, 15) is 4.79 Å². The van der Waals surface area contributed by atoms with Gasteiger partial charge in [-0.2, -0.15) is 0 Å². The van der Waals surface area contributed by atoms with Crippen LogP contribution in [0.3, 0.4) is 0 Å². The number of hydrogen-bond donors (Lipinski definition) is 0. The lowest BCUT2D eigenvalue weighted by atomic mass is 10.1. The zero-order valence-electron chi connectivity index (χ0n) is 12.8. The van der Waals surface area contributed by atoms with Gasteiger partial charge in [-0.3, -0.25) is 4.79 Å². The van der Waals surface area contributed by atoms with E-state index in [2.05, 4.69) is 6.92 Å². The molecule has 0 aliphatic carbocycles. The van der Waals surface area contributed by atoms with Gasteiger partial charge >= 0.3 is 5.97 Å². The van der Waals surface area contributed by atoms with Gasteiger partial charge in [0.15, 0.2) is 5.56 Å². The van der Waals surface area contributed by atoms with Crippen molar-refractivity contribution in [1.29, 1.82) is 0 Å². The zero-order chi connectivity index (χ0) is 14.3. The largest absolute Gasteiger partial charge is 0.446 e. The van der Waals surface area contributed by atoms with E-state index in [1.54, 1.807) is 0 Å². The third-order valence-electron chi connectivity index (χ3n) is 3.31. The molecule has 0 heterocycles. The van der Waals surface area contributed by atoms with Crippen molar-refractivity contribution in [2.45, 2.75) is 96.5 Å². The zero-order valence-corrected chi connectivity index (χ0v) is 13.5. The Bertz CT molecular complexity index is 207. The number of esters is 1. The smallest absolute Gasteiger partial charge is 0.307 e. The average Bonchev–Trinajstić information content (AvgIpc) is 2.40. The molecule has 0 aliphatic heterocycles. The molecule has 0 amide bonds. The molecule has 0 saturated carbocycles. The predicted molar refractivity (Wildman–Crippen MR) is 82.5 cm³/mol. The number of ether oxygens (including phenoxy) is 1. The number of halogens is 1. The quantitative estimate of drug-likeness (QED) is 0.243. The monoisotopic (exact) mass is 290 g/mol. The van der Waals surface area contributed by atoms with Crippen LogP contribution in [0.4, 0.5) is 0 Å². The second kappa shape index (κ2) is 14.2. The molecule has 3 heteroatoms. The van der Waals surface area contributed by atoms with Gasteiger partial charge in [-0.05, 0) is 12.8 Å². The highest BCUT2D eigenvalue weighted by molar-refractivity contribution is 6.20. The van der Waals surface area contributed by atoms with Gasteiger partial charge in [-0.25, -0.2) is 0 Å². The maximum atomic E-state index is 11.3. The van der Waals surface area contributed by atoms with Gasteiger partial charge in [0.2, 0.25) is 0 Å². The number of carbonyl (C=O) groups is 1. The highest BCUT2D eigenvalue weighted by Gasteiger charge is 2.08. The minimum Gasteiger partial charge on any atom is -0.446 e. The van der Waals surface area contributed by atoms with Gasteiger partial charge in [0.05, 0.1) is 0 Å². The summed E-state index contributed by atoms with van der Waals surface area (Å²) < 4.78 is 5.01. The standard InChI is InChI=1S/C16H31ClO2/c1-3-5-6-7-8-9-10-11-12-13-14-16(18)19-15(17)4-2/h15H,3-14H2,1-2H3. The molecule has 0 radical (unpaired) electrons. The lowest BCUT2D eigenvalue weighted by Gasteiger charge is -2.08. The summed E-state index contributed by atoms with van der Waals surface area (Å²) in [4.78, 5) is 11.3. The van der Waals surface area contributed by atoms with E-state index in [1.165, 1.54) is 51.4 Å². The molecule has 114 valence electrons. The molecule has 0 spiro atoms. The molecule has 0 N–H and O–H groups in total. The molecule has 1 atom stereocenters. The molecule has 0 aromatic heterocycles. The van der Waals surface area contributed by atoms with Crippen molar-refractivity contribution < 1.29 is 9.53 Å². The second-order valence-corrected chi connectivity index (χ2v) is 5.73. The highest BCUT2D eigenvalue weighted by atomic mass is 35.5. The molecular weight excluding hydrogens is 260 g/mol. The van der Waals surface area contributed by atoms with Crippen molar-refractivity contribution in [1.82, 2.24) is 0 Å². The first-order chi connectivity index (χ1) is 9.20. The summed E-state index contributed by atoms with van der Waals surface area (Å²) in [6.07, 6.45) is 14.0. The van der Waals surface area contributed by atoms with Crippen molar-refractivity contribution in [3.63, 3.8) is 0 Å². The lowest BCUT2D eigenvalue weighted by molar-refractivity contribution is -0.145. The molecule has 1 unspecified atom stereocenters. The summed E-state index contributed by atoms with van der Waals surface area (Å²) in [7, 11) is 0. The molecule has 0 aliphatic rings. The minimum absolute atomic E-state index is 0.151. The number of carbonyl (C=O) groups excluding carboxylic acids is 1. The Morgan fingerprint density at radius 1 is 0.895 bits per heavy atom. The normalized spacial score (nSPS) is 12.4. The summed E-state index contributed by atoms with van der Waals surface area (Å²) >= 11 is 5.75. The fraction of sp³-hybridized carbons (Fsp3) is 0.938. The number of alkyl halides is 1. The number of rotatable bonds is 13. The Hall–Kier alpha value is -0.240. The molecule has 2 nitrogen and oxygen atoms in total. The maximum Gasteiger partial charge on any atom is 0.307 e. The van der Waals surface area contributed by atoms with E-state index < -0.39 is 5.56 Å². The summed E-state index contributed by atoms with van der Waals surface area (Å²) in [5.74, 6) is -0.151. The third kappa shape index (κ3) is 14.0. The van der Waals surface area contributed by atoms with Crippen molar-refractivity contribution in [3.05, 3.63) is 0 Å². The fourth-order valence-electron chi connectivity index (χ4n) is 2.04. The third-order valence-corrected chi connectivity index (χ3v) is 3.71. The number of unbranched alkanes of at least 4 members (excludes halogenated alkanes) is 9. The molecule has 0 saturated heterocycles. The Labute approximate surface area is 124 Å². The predicted octanol–water partition coefficient (Wildman–Crippen LogP) is 5.82. The van der Waals surface area contributed by atoms with E-state index in [1.807, 2.05) is 6.92 Å². The topological polar surface area (TPSA) is 26.3 Å². The molecule has 0 bridgehead atoms. The maximum absolute atomic E-state index is 11.3. The number of hydrogen-bond acceptors (Lipinski definition) is 2. The van der Waals surface area contributed by atoms with Crippen LogP contribution in [0.2, 0.25) is 0 Å².